The summed E-state index contributed by atoms with van der Waals surface area (Å²) in [6, 6.07) is 3.60. The zero-order chi connectivity index (χ0) is 19.0. The van der Waals surface area contributed by atoms with Crippen LogP contribution in [-0.4, -0.2) is 47.9 Å². The molecule has 3 aromatic rings. The highest BCUT2D eigenvalue weighted by Crippen LogP contribution is 2.31. The molecule has 1 fully saturated rings. The number of carbonyl (C=O) groups is 2. The van der Waals surface area contributed by atoms with Gasteiger partial charge in [-0.25, -0.2) is 9.74 Å². The number of H-pyrrole nitrogens is 1. The van der Waals surface area contributed by atoms with Gasteiger partial charge in [0, 0.05) is 46.9 Å². The van der Waals surface area contributed by atoms with Crippen LogP contribution < -0.4 is 10.5 Å². The lowest BCUT2D eigenvalue weighted by Crippen LogP contribution is -2.49. The number of aromatic amines is 1. The molecule has 4 heterocycles. The van der Waals surface area contributed by atoms with Crippen LogP contribution in [0.5, 0.6) is 0 Å². The molecule has 1 aliphatic rings. The number of fused-ring (bicyclic) bond motifs is 1. The number of piperazine rings is 1. The maximum Gasteiger partial charge on any atom is 0.387 e. The van der Waals surface area contributed by atoms with Gasteiger partial charge in [-0.1, -0.05) is 6.07 Å². The average molecular weight is 407 g/mol. The summed E-state index contributed by atoms with van der Waals surface area (Å²) < 4.78 is 12.6. The quantitative estimate of drug-likeness (QED) is 0.722. The normalized spacial score (nSPS) is 14.6. The molecular formula is C17H14FN3O4S2. The van der Waals surface area contributed by atoms with Crippen LogP contribution in [0.3, 0.4) is 0 Å². The second kappa shape index (κ2) is 7.12. The Bertz CT molecular complexity index is 1050. The summed E-state index contributed by atoms with van der Waals surface area (Å²) in [6.45, 7) is 1.69. The molecule has 7 nitrogen and oxygen atoms in total. The summed E-state index contributed by atoms with van der Waals surface area (Å²) in [5.41, 5.74) is -0.134. The molecule has 10 heteroatoms. The molecule has 27 heavy (non-hydrogen) atoms. The Morgan fingerprint density at radius 2 is 1.96 bits per heavy atom. The molecule has 0 aromatic carbocycles. The number of thiophene rings is 2. The number of anilines is 1. The largest absolute Gasteiger partial charge is 0.387 e. The van der Waals surface area contributed by atoms with Gasteiger partial charge in [0.25, 0.3) is 11.5 Å². The Morgan fingerprint density at radius 1 is 1.19 bits per heavy atom. The molecule has 0 spiro atoms. The van der Waals surface area contributed by atoms with Gasteiger partial charge in [-0.15, -0.1) is 22.7 Å². The van der Waals surface area contributed by atoms with Crippen LogP contribution in [0.15, 0.2) is 33.1 Å². The summed E-state index contributed by atoms with van der Waals surface area (Å²) in [5, 5.41) is 6.04. The molecule has 0 aliphatic carbocycles. The Balaban J connectivity index is 1.66. The molecular weight excluding hydrogens is 393 g/mol. The van der Waals surface area contributed by atoms with Crippen LogP contribution in [0.1, 0.15) is 20.0 Å². The lowest BCUT2D eigenvalue weighted by atomic mass is 10.1. The van der Waals surface area contributed by atoms with E-state index in [9.17, 15) is 18.9 Å². The van der Waals surface area contributed by atoms with Gasteiger partial charge in [-0.2, -0.15) is 0 Å². The van der Waals surface area contributed by atoms with Crippen molar-refractivity contribution in [2.24, 2.45) is 0 Å². The Hall–Kier alpha value is -2.72. The molecule has 0 saturated carbocycles. The Morgan fingerprint density at radius 3 is 2.63 bits per heavy atom. The lowest BCUT2D eigenvalue weighted by molar-refractivity contribution is -0.0788. The van der Waals surface area contributed by atoms with Gasteiger partial charge in [-0.3, -0.25) is 9.59 Å². The van der Waals surface area contributed by atoms with Crippen LogP contribution in [0, 0.1) is 0 Å². The van der Waals surface area contributed by atoms with E-state index in [0.29, 0.717) is 47.6 Å². The summed E-state index contributed by atoms with van der Waals surface area (Å²) in [6.07, 6.45) is 0. The van der Waals surface area contributed by atoms with Crippen molar-refractivity contribution in [2.45, 2.75) is 0 Å². The zero-order valence-corrected chi connectivity index (χ0v) is 15.6. The van der Waals surface area contributed by atoms with Gasteiger partial charge in [0.1, 0.15) is 0 Å². The van der Waals surface area contributed by atoms with Crippen molar-refractivity contribution in [1.29, 1.82) is 0 Å². The standard InChI is InChI=1S/C17H14FN3O4S2/c18-25-17(24)13-14(10-8-26-9-11(10)19-15(13)22)20-3-5-21(6-4-20)16(23)12-2-1-7-27-12/h1-2,7-9H,3-6H2,(H,19,22). The van der Waals surface area contributed by atoms with Gasteiger partial charge >= 0.3 is 5.97 Å². The number of halogens is 1. The van der Waals surface area contributed by atoms with Crippen LogP contribution in [0.2, 0.25) is 0 Å². The maximum atomic E-state index is 12.6. The Labute approximate surface area is 160 Å². The highest BCUT2D eigenvalue weighted by molar-refractivity contribution is 7.12. The van der Waals surface area contributed by atoms with Crippen LogP contribution >= 0.6 is 22.7 Å². The first kappa shape index (κ1) is 17.7. The number of carbonyl (C=O) groups excluding carboxylic acids is 2. The molecule has 0 bridgehead atoms. The topological polar surface area (TPSA) is 82.7 Å². The fraction of sp³-hybridized carbons (Fsp3) is 0.235. The minimum atomic E-state index is -1.32. The molecule has 4 rings (SSSR count). The van der Waals surface area contributed by atoms with Gasteiger partial charge in [0.15, 0.2) is 5.56 Å². The number of nitrogens with zero attached hydrogens (tertiary/aromatic N) is 2. The predicted molar refractivity (Wildman–Crippen MR) is 101 cm³/mol. The van der Waals surface area contributed by atoms with E-state index in [1.54, 1.807) is 21.7 Å². The minimum absolute atomic E-state index is 0.0420. The van der Waals surface area contributed by atoms with Crippen molar-refractivity contribution < 1.29 is 19.1 Å². The van der Waals surface area contributed by atoms with Crippen LogP contribution in [0.4, 0.5) is 10.2 Å². The molecule has 0 unspecified atom stereocenters. The number of aromatic nitrogens is 1. The SMILES string of the molecule is O=C(OF)c1c(N2CCN(C(=O)c3cccs3)CC2)c2cscc2[nH]c1=O. The predicted octanol–water partition coefficient (Wildman–Crippen LogP) is 2.65. The van der Waals surface area contributed by atoms with Crippen LogP contribution in [-0.2, 0) is 4.94 Å². The minimum Gasteiger partial charge on any atom is -0.367 e. The van der Waals surface area contributed by atoms with Crippen molar-refractivity contribution in [3.63, 3.8) is 0 Å². The number of hydrogen-bond donors (Lipinski definition) is 1. The van der Waals surface area contributed by atoms with Crippen LogP contribution in [0.25, 0.3) is 10.9 Å². The van der Waals surface area contributed by atoms with E-state index in [1.165, 1.54) is 22.7 Å². The van der Waals surface area contributed by atoms with E-state index >= 15 is 0 Å². The summed E-state index contributed by atoms with van der Waals surface area (Å²) in [5.74, 6) is -1.36. The van der Waals surface area contributed by atoms with Crippen molar-refractivity contribution in [3.8, 4) is 0 Å². The first-order valence-corrected chi connectivity index (χ1v) is 9.95. The van der Waals surface area contributed by atoms with Crippen molar-refractivity contribution in [2.75, 3.05) is 31.1 Å². The van der Waals surface area contributed by atoms with Gasteiger partial charge < -0.3 is 14.8 Å². The molecule has 1 amide bonds. The van der Waals surface area contributed by atoms with Crippen molar-refractivity contribution in [3.05, 3.63) is 49.1 Å². The third kappa shape index (κ3) is 3.10. The van der Waals surface area contributed by atoms with E-state index in [0.717, 1.165) is 0 Å². The van der Waals surface area contributed by atoms with E-state index in [4.69, 9.17) is 0 Å². The molecule has 140 valence electrons. The number of hydrogen-bond acceptors (Lipinski definition) is 7. The summed E-state index contributed by atoms with van der Waals surface area (Å²) >= 11 is 2.75. The molecule has 1 N–H and O–H groups in total. The smallest absolute Gasteiger partial charge is 0.367 e. The Kier molecular flexibility index (Phi) is 4.66. The molecule has 1 aliphatic heterocycles. The van der Waals surface area contributed by atoms with Gasteiger partial charge in [0.2, 0.25) is 0 Å². The second-order valence-corrected chi connectivity index (χ2v) is 7.69. The molecule has 0 atom stereocenters. The third-order valence-electron chi connectivity index (χ3n) is 4.52. The van der Waals surface area contributed by atoms with E-state index in [1.807, 2.05) is 16.3 Å². The second-order valence-electron chi connectivity index (χ2n) is 6.00. The van der Waals surface area contributed by atoms with Gasteiger partial charge in [-0.05, 0) is 11.4 Å². The van der Waals surface area contributed by atoms with Gasteiger partial charge in [0.05, 0.1) is 16.1 Å². The number of nitrogens with one attached hydrogen (secondary N) is 1. The summed E-state index contributed by atoms with van der Waals surface area (Å²) in [7, 11) is 0. The molecule has 3 aromatic heterocycles. The maximum absolute atomic E-state index is 12.6. The van der Waals surface area contributed by atoms with E-state index < -0.39 is 11.5 Å². The van der Waals surface area contributed by atoms with E-state index in [2.05, 4.69) is 9.93 Å². The number of amides is 1. The number of rotatable bonds is 3. The fourth-order valence-electron chi connectivity index (χ4n) is 3.25. The van der Waals surface area contributed by atoms with E-state index in [-0.39, 0.29) is 11.5 Å². The van der Waals surface area contributed by atoms with Crippen molar-refractivity contribution >= 4 is 51.1 Å². The highest BCUT2D eigenvalue weighted by atomic mass is 32.1. The average Bonchev–Trinajstić information content (AvgIpc) is 3.37. The lowest BCUT2D eigenvalue weighted by Gasteiger charge is -2.36. The summed E-state index contributed by atoms with van der Waals surface area (Å²) in [4.78, 5) is 46.8. The number of pyridine rings is 1. The third-order valence-corrected chi connectivity index (χ3v) is 6.12. The fourth-order valence-corrected chi connectivity index (χ4v) is 4.71. The molecule has 0 radical (unpaired) electrons. The first-order valence-electron chi connectivity index (χ1n) is 8.13. The monoisotopic (exact) mass is 407 g/mol. The first-order chi connectivity index (χ1) is 13.1. The molecule has 1 saturated heterocycles. The zero-order valence-electron chi connectivity index (χ0n) is 13.9. The highest BCUT2D eigenvalue weighted by Gasteiger charge is 2.29. The van der Waals surface area contributed by atoms with Crippen molar-refractivity contribution in [1.82, 2.24) is 9.88 Å².